The summed E-state index contributed by atoms with van der Waals surface area (Å²) in [5.74, 6) is -0.816. The van der Waals surface area contributed by atoms with Crippen LogP contribution < -0.4 is 5.32 Å². The number of benzene rings is 1. The van der Waals surface area contributed by atoms with E-state index in [0.29, 0.717) is 30.6 Å². The van der Waals surface area contributed by atoms with E-state index in [-0.39, 0.29) is 25.5 Å². The van der Waals surface area contributed by atoms with Crippen LogP contribution in [0.25, 0.3) is 0 Å². The van der Waals surface area contributed by atoms with E-state index in [2.05, 4.69) is 10.3 Å². The standard InChI is InChI=1S/C15H16F4N4O2S.ClH/c1-22-6-5-21-14(22)12-9-20-4-7-23(12)26(24,25)13-8-10(15(17,18)19)2-3-11(13)16;/h2-3,5-6,8,12,20H,4,7,9H2,1H3;1H. The zero-order valence-electron chi connectivity index (χ0n) is 14.1. The Kier molecular flexibility index (Phi) is 6.19. The molecule has 1 unspecified atom stereocenters. The fourth-order valence-electron chi connectivity index (χ4n) is 2.90. The number of hydrogen-bond acceptors (Lipinski definition) is 4. The maximum atomic E-state index is 14.1. The number of piperazine rings is 1. The second-order valence-corrected chi connectivity index (χ2v) is 7.73. The highest BCUT2D eigenvalue weighted by atomic mass is 35.5. The summed E-state index contributed by atoms with van der Waals surface area (Å²) in [5, 5.41) is 3.02. The molecule has 1 aliphatic heterocycles. The van der Waals surface area contributed by atoms with Crippen molar-refractivity contribution < 1.29 is 26.0 Å². The molecular formula is C15H17ClF4N4O2S. The first-order valence-corrected chi connectivity index (χ1v) is 9.13. The Balaban J connectivity index is 0.00000261. The molecule has 0 amide bonds. The number of alkyl halides is 3. The van der Waals surface area contributed by atoms with Crippen LogP contribution in [0.15, 0.2) is 35.5 Å². The second kappa shape index (κ2) is 7.74. The largest absolute Gasteiger partial charge is 0.416 e. The number of sulfonamides is 1. The van der Waals surface area contributed by atoms with Gasteiger partial charge in [0.1, 0.15) is 16.5 Å². The van der Waals surface area contributed by atoms with Gasteiger partial charge in [-0.05, 0) is 18.2 Å². The lowest BCUT2D eigenvalue weighted by atomic mass is 10.2. The van der Waals surface area contributed by atoms with E-state index in [0.717, 1.165) is 4.31 Å². The predicted octanol–water partition coefficient (Wildman–Crippen LogP) is 2.34. The van der Waals surface area contributed by atoms with Crippen LogP contribution in [0.1, 0.15) is 17.4 Å². The van der Waals surface area contributed by atoms with Gasteiger partial charge in [0, 0.05) is 39.1 Å². The number of nitrogens with zero attached hydrogens (tertiary/aromatic N) is 3. The van der Waals surface area contributed by atoms with Gasteiger partial charge in [0.05, 0.1) is 11.6 Å². The fraction of sp³-hybridized carbons (Fsp3) is 0.400. The molecule has 1 fully saturated rings. The van der Waals surface area contributed by atoms with Crippen molar-refractivity contribution in [2.75, 3.05) is 19.6 Å². The first kappa shape index (κ1) is 21.6. The lowest BCUT2D eigenvalue weighted by molar-refractivity contribution is -0.137. The first-order valence-electron chi connectivity index (χ1n) is 7.69. The molecular weight excluding hydrogens is 412 g/mol. The zero-order valence-corrected chi connectivity index (χ0v) is 15.7. The van der Waals surface area contributed by atoms with Gasteiger partial charge >= 0.3 is 6.18 Å². The van der Waals surface area contributed by atoms with Crippen molar-refractivity contribution in [2.24, 2.45) is 7.05 Å². The normalized spacial score (nSPS) is 18.9. The quantitative estimate of drug-likeness (QED) is 0.762. The first-order chi connectivity index (χ1) is 12.1. The van der Waals surface area contributed by atoms with Crippen LogP contribution in [0.4, 0.5) is 17.6 Å². The average Bonchev–Trinajstić information content (AvgIpc) is 3.00. The van der Waals surface area contributed by atoms with E-state index in [9.17, 15) is 26.0 Å². The van der Waals surface area contributed by atoms with Crippen molar-refractivity contribution in [3.05, 3.63) is 47.8 Å². The van der Waals surface area contributed by atoms with E-state index in [4.69, 9.17) is 0 Å². The van der Waals surface area contributed by atoms with Crippen molar-refractivity contribution >= 4 is 22.4 Å². The highest BCUT2D eigenvalue weighted by molar-refractivity contribution is 7.89. The van der Waals surface area contributed by atoms with Crippen molar-refractivity contribution in [3.8, 4) is 0 Å². The molecule has 0 spiro atoms. The van der Waals surface area contributed by atoms with Crippen LogP contribution in [0.5, 0.6) is 0 Å². The van der Waals surface area contributed by atoms with Gasteiger partial charge < -0.3 is 9.88 Å². The predicted molar refractivity (Wildman–Crippen MR) is 91.4 cm³/mol. The van der Waals surface area contributed by atoms with E-state index >= 15 is 0 Å². The van der Waals surface area contributed by atoms with Gasteiger partial charge in [-0.1, -0.05) is 0 Å². The van der Waals surface area contributed by atoms with Crippen LogP contribution in [0.3, 0.4) is 0 Å². The molecule has 12 heteroatoms. The van der Waals surface area contributed by atoms with Gasteiger partial charge in [-0.2, -0.15) is 17.5 Å². The van der Waals surface area contributed by atoms with Crippen LogP contribution >= 0.6 is 12.4 Å². The van der Waals surface area contributed by atoms with Crippen LogP contribution in [0, 0.1) is 5.82 Å². The molecule has 150 valence electrons. The lowest BCUT2D eigenvalue weighted by Crippen LogP contribution is -2.49. The van der Waals surface area contributed by atoms with Crippen molar-refractivity contribution in [1.29, 1.82) is 0 Å². The molecule has 2 aromatic rings. The molecule has 1 aliphatic rings. The number of rotatable bonds is 3. The summed E-state index contributed by atoms with van der Waals surface area (Å²) in [6.45, 7) is 0.487. The summed E-state index contributed by atoms with van der Waals surface area (Å²) in [4.78, 5) is 3.13. The smallest absolute Gasteiger partial charge is 0.337 e. The maximum Gasteiger partial charge on any atom is 0.416 e. The summed E-state index contributed by atoms with van der Waals surface area (Å²) in [6.07, 6.45) is -1.67. The van der Waals surface area contributed by atoms with Crippen LogP contribution in [-0.4, -0.2) is 41.9 Å². The van der Waals surface area contributed by atoms with E-state index in [1.807, 2.05) is 0 Å². The Bertz CT molecular complexity index is 917. The molecule has 1 aromatic heterocycles. The van der Waals surface area contributed by atoms with Crippen molar-refractivity contribution in [2.45, 2.75) is 17.1 Å². The van der Waals surface area contributed by atoms with Crippen molar-refractivity contribution in [3.63, 3.8) is 0 Å². The zero-order chi connectivity index (χ0) is 19.1. The Morgan fingerprint density at radius 3 is 2.59 bits per heavy atom. The van der Waals surface area contributed by atoms with Gasteiger partial charge in [-0.15, -0.1) is 12.4 Å². The van der Waals surface area contributed by atoms with Gasteiger partial charge in [0.2, 0.25) is 10.0 Å². The molecule has 1 N–H and O–H groups in total. The third kappa shape index (κ3) is 4.10. The van der Waals surface area contributed by atoms with E-state index in [1.165, 1.54) is 6.20 Å². The summed E-state index contributed by atoms with van der Waals surface area (Å²) >= 11 is 0. The van der Waals surface area contributed by atoms with Gasteiger partial charge in [0.15, 0.2) is 0 Å². The van der Waals surface area contributed by atoms with E-state index < -0.39 is 38.5 Å². The fourth-order valence-corrected chi connectivity index (χ4v) is 4.57. The van der Waals surface area contributed by atoms with Crippen molar-refractivity contribution in [1.82, 2.24) is 19.2 Å². The number of imidazole rings is 1. The summed E-state index contributed by atoms with van der Waals surface area (Å²) < 4.78 is 81.5. The van der Waals surface area contributed by atoms with Gasteiger partial charge in [0.25, 0.3) is 0 Å². The number of aromatic nitrogens is 2. The molecule has 2 heterocycles. The highest BCUT2D eigenvalue weighted by Crippen LogP contribution is 2.34. The minimum absolute atomic E-state index is 0. The van der Waals surface area contributed by atoms with Crippen LogP contribution in [-0.2, 0) is 23.2 Å². The Hall–Kier alpha value is -1.69. The Labute approximate surface area is 159 Å². The van der Waals surface area contributed by atoms with Gasteiger partial charge in [-0.3, -0.25) is 0 Å². The van der Waals surface area contributed by atoms with Gasteiger partial charge in [-0.25, -0.2) is 17.8 Å². The minimum Gasteiger partial charge on any atom is -0.337 e. The average molecular weight is 429 g/mol. The third-order valence-electron chi connectivity index (χ3n) is 4.20. The third-order valence-corrected chi connectivity index (χ3v) is 6.12. The molecule has 0 aliphatic carbocycles. The molecule has 0 saturated carbocycles. The summed E-state index contributed by atoms with van der Waals surface area (Å²) in [5.41, 5.74) is -1.22. The highest BCUT2D eigenvalue weighted by Gasteiger charge is 2.39. The number of hydrogen-bond donors (Lipinski definition) is 1. The SMILES string of the molecule is Cl.Cn1ccnc1C1CNCCN1S(=O)(=O)c1cc(C(F)(F)F)ccc1F. The summed E-state index contributed by atoms with van der Waals surface area (Å²) in [6, 6.07) is 0.612. The molecule has 3 rings (SSSR count). The summed E-state index contributed by atoms with van der Waals surface area (Å²) in [7, 11) is -2.83. The Morgan fingerprint density at radius 1 is 1.30 bits per heavy atom. The molecule has 0 bridgehead atoms. The van der Waals surface area contributed by atoms with Crippen LogP contribution in [0.2, 0.25) is 0 Å². The molecule has 1 saturated heterocycles. The number of aryl methyl sites for hydroxylation is 1. The topological polar surface area (TPSA) is 67.2 Å². The number of halogens is 5. The molecule has 27 heavy (non-hydrogen) atoms. The molecule has 6 nitrogen and oxygen atoms in total. The molecule has 0 radical (unpaired) electrons. The monoisotopic (exact) mass is 428 g/mol. The molecule has 1 aromatic carbocycles. The second-order valence-electron chi connectivity index (χ2n) is 5.87. The maximum absolute atomic E-state index is 14.1. The lowest BCUT2D eigenvalue weighted by Gasteiger charge is -2.34. The Morgan fingerprint density at radius 2 is 2.00 bits per heavy atom. The minimum atomic E-state index is -4.78. The van der Waals surface area contributed by atoms with E-state index in [1.54, 1.807) is 17.8 Å². The number of nitrogens with one attached hydrogen (secondary N) is 1. The molecule has 1 atom stereocenters.